The number of aliphatic hydroxyl groups excluding tert-OH is 1. The maximum atomic E-state index is 12.5. The molecular weight excluding hydrogens is 240 g/mol. The lowest BCUT2D eigenvalue weighted by atomic mass is 10.1. The summed E-state index contributed by atoms with van der Waals surface area (Å²) in [5.74, 6) is 0.0431. The van der Waals surface area contributed by atoms with E-state index in [0.717, 1.165) is 15.8 Å². The Bertz CT molecular complexity index is 523. The van der Waals surface area contributed by atoms with Crippen molar-refractivity contribution < 1.29 is 13.9 Å². The molecule has 0 atom stereocenters. The third kappa shape index (κ3) is 2.70. The van der Waals surface area contributed by atoms with E-state index in [0.29, 0.717) is 12.2 Å². The van der Waals surface area contributed by atoms with Crippen LogP contribution < -0.4 is 0 Å². The molecule has 6 heteroatoms. The van der Waals surface area contributed by atoms with Gasteiger partial charge in [-0.05, 0) is 11.1 Å². The number of hydrogen-bond donors (Lipinski definition) is 1. The third-order valence-electron chi connectivity index (χ3n) is 2.60. The van der Waals surface area contributed by atoms with E-state index in [9.17, 15) is 8.78 Å². The zero-order chi connectivity index (χ0) is 13.1. The summed E-state index contributed by atoms with van der Waals surface area (Å²) in [7, 11) is 1.45. The Morgan fingerprint density at radius 1 is 1.22 bits per heavy atom. The highest BCUT2D eigenvalue weighted by Gasteiger charge is 2.16. The van der Waals surface area contributed by atoms with Crippen molar-refractivity contribution in [1.82, 2.24) is 14.8 Å². The lowest BCUT2D eigenvalue weighted by Crippen LogP contribution is -1.99. The maximum Gasteiger partial charge on any atom is 0.297 e. The summed E-state index contributed by atoms with van der Waals surface area (Å²) >= 11 is 0. The predicted molar refractivity (Wildman–Crippen MR) is 61.1 cm³/mol. The topological polar surface area (TPSA) is 50.9 Å². The Hall–Kier alpha value is -1.82. The van der Waals surface area contributed by atoms with Crippen molar-refractivity contribution in [3.05, 3.63) is 47.0 Å². The molecule has 0 unspecified atom stereocenters. The molecule has 1 N–H and O–H groups in total. The van der Waals surface area contributed by atoms with E-state index < -0.39 is 6.43 Å². The Labute approximate surface area is 103 Å². The largest absolute Gasteiger partial charge is 0.392 e. The third-order valence-corrected chi connectivity index (χ3v) is 2.60. The zero-order valence-corrected chi connectivity index (χ0v) is 9.85. The van der Waals surface area contributed by atoms with E-state index in [1.165, 1.54) is 7.05 Å². The van der Waals surface area contributed by atoms with E-state index in [-0.39, 0.29) is 12.4 Å². The molecule has 0 aliphatic carbocycles. The first-order valence-electron chi connectivity index (χ1n) is 5.47. The Balaban J connectivity index is 2.15. The van der Waals surface area contributed by atoms with Crippen molar-refractivity contribution >= 4 is 0 Å². The van der Waals surface area contributed by atoms with Gasteiger partial charge in [-0.25, -0.2) is 18.4 Å². The average molecular weight is 253 g/mol. The summed E-state index contributed by atoms with van der Waals surface area (Å²) in [6, 6.07) is 7.21. The first-order valence-corrected chi connectivity index (χ1v) is 5.47. The minimum Gasteiger partial charge on any atom is -0.392 e. The predicted octanol–water partition coefficient (Wildman–Crippen LogP) is 1.84. The number of nitrogens with zero attached hydrogens (tertiary/aromatic N) is 3. The smallest absolute Gasteiger partial charge is 0.297 e. The number of aryl methyl sites for hydroxylation is 1. The molecule has 0 radical (unpaired) electrons. The molecule has 2 rings (SSSR count). The van der Waals surface area contributed by atoms with Crippen molar-refractivity contribution in [2.24, 2.45) is 7.05 Å². The maximum absolute atomic E-state index is 12.5. The van der Waals surface area contributed by atoms with Crippen LogP contribution in [0.4, 0.5) is 8.78 Å². The van der Waals surface area contributed by atoms with Gasteiger partial charge in [0.05, 0.1) is 6.61 Å². The van der Waals surface area contributed by atoms with E-state index >= 15 is 0 Å². The highest BCUT2D eigenvalue weighted by atomic mass is 19.3. The van der Waals surface area contributed by atoms with Crippen molar-refractivity contribution in [2.45, 2.75) is 19.5 Å². The normalized spacial score (nSPS) is 11.2. The van der Waals surface area contributed by atoms with E-state index in [2.05, 4.69) is 10.1 Å². The van der Waals surface area contributed by atoms with Crippen LogP contribution in [-0.2, 0) is 20.1 Å². The van der Waals surface area contributed by atoms with Gasteiger partial charge in [-0.15, -0.1) is 0 Å². The number of aromatic nitrogens is 3. The molecule has 0 saturated heterocycles. The van der Waals surface area contributed by atoms with Crippen molar-refractivity contribution in [1.29, 1.82) is 0 Å². The molecule has 0 saturated carbocycles. The van der Waals surface area contributed by atoms with Gasteiger partial charge >= 0.3 is 0 Å². The van der Waals surface area contributed by atoms with Gasteiger partial charge in [0.1, 0.15) is 0 Å². The quantitative estimate of drug-likeness (QED) is 0.904. The number of aliphatic hydroxyl groups is 1. The van der Waals surface area contributed by atoms with E-state index in [4.69, 9.17) is 5.11 Å². The number of hydrogen-bond acceptors (Lipinski definition) is 3. The average Bonchev–Trinajstić information content (AvgIpc) is 2.71. The van der Waals surface area contributed by atoms with Crippen molar-refractivity contribution in [3.63, 3.8) is 0 Å². The fraction of sp³-hybridized carbons (Fsp3) is 0.333. The molecular formula is C12H13F2N3O. The van der Waals surface area contributed by atoms with Crippen LogP contribution in [0.1, 0.15) is 29.2 Å². The van der Waals surface area contributed by atoms with Gasteiger partial charge in [-0.1, -0.05) is 24.3 Å². The van der Waals surface area contributed by atoms with Crippen LogP contribution in [0, 0.1) is 0 Å². The summed E-state index contributed by atoms with van der Waals surface area (Å²) in [5, 5.41) is 12.9. The van der Waals surface area contributed by atoms with Crippen molar-refractivity contribution in [3.8, 4) is 0 Å². The van der Waals surface area contributed by atoms with Crippen LogP contribution in [0.3, 0.4) is 0 Å². The Morgan fingerprint density at radius 2 is 1.83 bits per heavy atom. The molecule has 2 aromatic rings. The van der Waals surface area contributed by atoms with Crippen LogP contribution >= 0.6 is 0 Å². The van der Waals surface area contributed by atoms with Gasteiger partial charge < -0.3 is 5.11 Å². The van der Waals surface area contributed by atoms with Crippen LogP contribution in [0.15, 0.2) is 24.3 Å². The van der Waals surface area contributed by atoms with Gasteiger partial charge in [0, 0.05) is 13.5 Å². The standard InChI is InChI=1S/C12H13F2N3O/c1-17-12(11(13)14)15-10(16-17)6-8-2-4-9(7-18)5-3-8/h2-5,11,18H,6-7H2,1H3. The molecule has 0 aliphatic heterocycles. The highest BCUT2D eigenvalue weighted by Crippen LogP contribution is 2.16. The van der Waals surface area contributed by atoms with E-state index in [1.807, 2.05) is 12.1 Å². The molecule has 96 valence electrons. The highest BCUT2D eigenvalue weighted by molar-refractivity contribution is 5.24. The van der Waals surface area contributed by atoms with E-state index in [1.54, 1.807) is 12.1 Å². The molecule has 18 heavy (non-hydrogen) atoms. The lowest BCUT2D eigenvalue weighted by molar-refractivity contribution is 0.135. The minimum atomic E-state index is -2.62. The molecule has 0 spiro atoms. The SMILES string of the molecule is Cn1nc(Cc2ccc(CO)cc2)nc1C(F)F. The Kier molecular flexibility index (Phi) is 3.66. The molecule has 1 aromatic heterocycles. The summed E-state index contributed by atoms with van der Waals surface area (Å²) in [4.78, 5) is 3.80. The first-order chi connectivity index (χ1) is 8.60. The molecule has 4 nitrogen and oxygen atoms in total. The number of alkyl halides is 2. The Morgan fingerprint density at radius 3 is 2.33 bits per heavy atom. The summed E-state index contributed by atoms with van der Waals surface area (Å²) < 4.78 is 26.2. The molecule has 1 aromatic carbocycles. The molecule has 0 fully saturated rings. The second-order valence-corrected chi connectivity index (χ2v) is 3.96. The second-order valence-electron chi connectivity index (χ2n) is 3.96. The van der Waals surface area contributed by atoms with Crippen LogP contribution in [0.5, 0.6) is 0 Å². The van der Waals surface area contributed by atoms with Crippen LogP contribution in [-0.4, -0.2) is 19.9 Å². The second kappa shape index (κ2) is 5.22. The molecule has 0 amide bonds. The fourth-order valence-electron chi connectivity index (χ4n) is 1.66. The van der Waals surface area contributed by atoms with Gasteiger partial charge in [-0.3, -0.25) is 0 Å². The van der Waals surface area contributed by atoms with Crippen molar-refractivity contribution in [2.75, 3.05) is 0 Å². The fourth-order valence-corrected chi connectivity index (χ4v) is 1.66. The van der Waals surface area contributed by atoms with Gasteiger partial charge in [0.15, 0.2) is 11.6 Å². The first kappa shape index (κ1) is 12.6. The summed E-state index contributed by atoms with van der Waals surface area (Å²) in [5.41, 5.74) is 1.72. The summed E-state index contributed by atoms with van der Waals surface area (Å²) in [6.45, 7) is -0.0162. The lowest BCUT2D eigenvalue weighted by Gasteiger charge is -1.99. The minimum absolute atomic E-state index is 0.0162. The van der Waals surface area contributed by atoms with Crippen LogP contribution in [0.25, 0.3) is 0 Å². The van der Waals surface area contributed by atoms with Gasteiger partial charge in [-0.2, -0.15) is 5.10 Å². The van der Waals surface area contributed by atoms with Gasteiger partial charge in [0.25, 0.3) is 6.43 Å². The van der Waals surface area contributed by atoms with Crippen LogP contribution in [0.2, 0.25) is 0 Å². The number of benzene rings is 1. The molecule has 0 aliphatic rings. The summed E-state index contributed by atoms with van der Waals surface area (Å²) in [6.07, 6.45) is -2.22. The molecule has 0 bridgehead atoms. The number of halogens is 2. The zero-order valence-electron chi connectivity index (χ0n) is 9.85. The monoisotopic (exact) mass is 253 g/mol. The molecule has 1 heterocycles. The van der Waals surface area contributed by atoms with Gasteiger partial charge in [0.2, 0.25) is 0 Å². The number of rotatable bonds is 4.